The molecule has 0 amide bonds. The number of carbonyl (C=O) groups is 1. The summed E-state index contributed by atoms with van der Waals surface area (Å²) in [7, 11) is 0. The predicted octanol–water partition coefficient (Wildman–Crippen LogP) is 1.16. The molecule has 0 saturated carbocycles. The molecule has 22 heavy (non-hydrogen) atoms. The molecule has 0 aliphatic rings. The summed E-state index contributed by atoms with van der Waals surface area (Å²) in [5.74, 6) is -0.945. The van der Waals surface area contributed by atoms with Crippen LogP contribution in [0.4, 0.5) is 11.5 Å². The second-order valence-corrected chi connectivity index (χ2v) is 4.64. The van der Waals surface area contributed by atoms with Gasteiger partial charge in [0.05, 0.1) is 21.8 Å². The molecule has 0 aromatic carbocycles. The van der Waals surface area contributed by atoms with E-state index in [0.717, 1.165) is 9.36 Å². The third-order valence-corrected chi connectivity index (χ3v) is 3.11. The lowest BCUT2D eigenvalue weighted by molar-refractivity contribution is -0.389. The molecule has 0 aliphatic heterocycles. The van der Waals surface area contributed by atoms with Crippen LogP contribution in [0.25, 0.3) is 0 Å². The average molecular weight is 308 g/mol. The summed E-state index contributed by atoms with van der Waals surface area (Å²) in [4.78, 5) is 32.5. The van der Waals surface area contributed by atoms with Crippen molar-refractivity contribution in [1.82, 2.24) is 19.6 Å². The van der Waals surface area contributed by atoms with Gasteiger partial charge in [0.15, 0.2) is 0 Å². The first kappa shape index (κ1) is 15.3. The first-order chi connectivity index (χ1) is 10.2. The minimum atomic E-state index is -0.665. The summed E-state index contributed by atoms with van der Waals surface area (Å²) in [6.45, 7) is 4.10. The van der Waals surface area contributed by atoms with E-state index in [2.05, 4.69) is 10.2 Å². The summed E-state index contributed by atoms with van der Waals surface area (Å²) < 4.78 is 2.07. The largest absolute Gasteiger partial charge is 0.390 e. The minimum Gasteiger partial charge on any atom is -0.358 e. The highest BCUT2D eigenvalue weighted by atomic mass is 16.6. The Hall–Kier alpha value is -3.11. The van der Waals surface area contributed by atoms with Crippen molar-refractivity contribution in [1.29, 1.82) is 0 Å². The molecule has 2 aromatic heterocycles. The number of hydrogen-bond donors (Lipinski definition) is 0. The molecule has 11 heteroatoms. The van der Waals surface area contributed by atoms with E-state index in [4.69, 9.17) is 0 Å². The average Bonchev–Trinajstić information content (AvgIpc) is 2.90. The lowest BCUT2D eigenvalue weighted by atomic mass is 10.3. The molecule has 0 spiro atoms. The normalized spacial score (nSPS) is 10.7. The SMILES string of the molecule is Cc1nn(C(=O)Cn2nc([N+](=O)[O-])cc2C)c(C)c1[N+](=O)[O-]. The first-order valence-corrected chi connectivity index (χ1v) is 6.15. The molecule has 0 aliphatic carbocycles. The van der Waals surface area contributed by atoms with E-state index in [0.29, 0.717) is 5.69 Å². The maximum absolute atomic E-state index is 12.2. The van der Waals surface area contributed by atoms with Crippen molar-refractivity contribution in [3.8, 4) is 0 Å². The highest BCUT2D eigenvalue weighted by Gasteiger charge is 2.26. The molecule has 0 radical (unpaired) electrons. The van der Waals surface area contributed by atoms with Crippen molar-refractivity contribution < 1.29 is 14.6 Å². The molecular weight excluding hydrogens is 296 g/mol. The van der Waals surface area contributed by atoms with Gasteiger partial charge in [0.1, 0.15) is 17.9 Å². The van der Waals surface area contributed by atoms with Gasteiger partial charge < -0.3 is 10.1 Å². The van der Waals surface area contributed by atoms with Gasteiger partial charge >= 0.3 is 11.5 Å². The van der Waals surface area contributed by atoms with E-state index in [9.17, 15) is 25.0 Å². The highest BCUT2D eigenvalue weighted by molar-refractivity contribution is 5.79. The second kappa shape index (κ2) is 5.35. The molecule has 11 nitrogen and oxygen atoms in total. The molecule has 2 heterocycles. The third-order valence-electron chi connectivity index (χ3n) is 3.11. The van der Waals surface area contributed by atoms with Crippen LogP contribution in [-0.2, 0) is 6.54 Å². The van der Waals surface area contributed by atoms with Crippen molar-refractivity contribution in [2.75, 3.05) is 0 Å². The quantitative estimate of drug-likeness (QED) is 0.609. The molecular formula is C11H12N6O5. The number of carbonyl (C=O) groups excluding carboxylic acids is 1. The monoisotopic (exact) mass is 308 g/mol. The maximum atomic E-state index is 12.2. The van der Waals surface area contributed by atoms with Gasteiger partial charge in [-0.1, -0.05) is 0 Å². The number of aryl methyl sites for hydroxylation is 2. The second-order valence-electron chi connectivity index (χ2n) is 4.64. The van der Waals surface area contributed by atoms with Gasteiger partial charge in [0.25, 0.3) is 5.91 Å². The van der Waals surface area contributed by atoms with Gasteiger partial charge in [0.2, 0.25) is 0 Å². The van der Waals surface area contributed by atoms with E-state index in [1.807, 2.05) is 0 Å². The van der Waals surface area contributed by atoms with Crippen LogP contribution >= 0.6 is 0 Å². The molecule has 0 N–H and O–H groups in total. The number of nitro groups is 2. The maximum Gasteiger partial charge on any atom is 0.390 e. The Labute approximate surface area is 123 Å². The number of nitrogens with zero attached hydrogens (tertiary/aromatic N) is 6. The fraction of sp³-hybridized carbons (Fsp3) is 0.364. The van der Waals surface area contributed by atoms with Gasteiger partial charge in [-0.05, 0) is 25.7 Å². The van der Waals surface area contributed by atoms with Gasteiger partial charge in [-0.15, -0.1) is 0 Å². The summed E-state index contributed by atoms with van der Waals surface area (Å²) in [5, 5.41) is 29.1. The number of aromatic nitrogens is 4. The van der Waals surface area contributed by atoms with Crippen LogP contribution in [-0.4, -0.2) is 35.3 Å². The van der Waals surface area contributed by atoms with Gasteiger partial charge in [-0.25, -0.2) is 0 Å². The molecule has 0 unspecified atom stereocenters. The molecule has 0 atom stereocenters. The Bertz CT molecular complexity index is 789. The molecule has 0 saturated heterocycles. The van der Waals surface area contributed by atoms with Crippen LogP contribution in [0.15, 0.2) is 6.07 Å². The summed E-state index contributed by atoms with van der Waals surface area (Å²) >= 11 is 0. The summed E-state index contributed by atoms with van der Waals surface area (Å²) in [5.41, 5.74) is 0.429. The van der Waals surface area contributed by atoms with Crippen molar-refractivity contribution in [3.05, 3.63) is 43.4 Å². The highest BCUT2D eigenvalue weighted by Crippen LogP contribution is 2.22. The molecule has 2 aromatic rings. The number of rotatable bonds is 4. The fourth-order valence-electron chi connectivity index (χ4n) is 2.08. The van der Waals surface area contributed by atoms with Crippen LogP contribution in [0.5, 0.6) is 0 Å². The smallest absolute Gasteiger partial charge is 0.358 e. The Morgan fingerprint density at radius 1 is 1.18 bits per heavy atom. The van der Waals surface area contributed by atoms with E-state index in [1.165, 1.54) is 19.9 Å². The lowest BCUT2D eigenvalue weighted by Crippen LogP contribution is -2.21. The van der Waals surface area contributed by atoms with Crippen molar-refractivity contribution in [3.63, 3.8) is 0 Å². The van der Waals surface area contributed by atoms with Crippen molar-refractivity contribution in [2.24, 2.45) is 0 Å². The third kappa shape index (κ3) is 2.55. The zero-order valence-corrected chi connectivity index (χ0v) is 12.0. The Morgan fingerprint density at radius 2 is 1.82 bits per heavy atom. The minimum absolute atomic E-state index is 0.104. The number of hydrogen-bond acceptors (Lipinski definition) is 7. The molecule has 0 bridgehead atoms. The Balaban J connectivity index is 2.32. The van der Waals surface area contributed by atoms with Crippen molar-refractivity contribution >= 4 is 17.4 Å². The predicted molar refractivity (Wildman–Crippen MR) is 72.6 cm³/mol. The zero-order chi connectivity index (χ0) is 16.6. The van der Waals surface area contributed by atoms with Crippen LogP contribution in [0.2, 0.25) is 0 Å². The van der Waals surface area contributed by atoms with Gasteiger partial charge in [-0.2, -0.15) is 14.5 Å². The fourth-order valence-corrected chi connectivity index (χ4v) is 2.08. The molecule has 0 fully saturated rings. The summed E-state index contributed by atoms with van der Waals surface area (Å²) in [6, 6.07) is 1.23. The van der Waals surface area contributed by atoms with Gasteiger partial charge in [0, 0.05) is 0 Å². The molecule has 2 rings (SSSR count). The van der Waals surface area contributed by atoms with Gasteiger partial charge in [-0.3, -0.25) is 14.9 Å². The van der Waals surface area contributed by atoms with Crippen LogP contribution in [0, 0.1) is 41.0 Å². The van der Waals surface area contributed by atoms with E-state index in [-0.39, 0.29) is 29.4 Å². The van der Waals surface area contributed by atoms with Crippen molar-refractivity contribution in [2.45, 2.75) is 27.3 Å². The topological polar surface area (TPSA) is 139 Å². The zero-order valence-electron chi connectivity index (χ0n) is 12.0. The lowest BCUT2D eigenvalue weighted by Gasteiger charge is -2.01. The Morgan fingerprint density at radius 3 is 2.27 bits per heavy atom. The Kier molecular flexibility index (Phi) is 3.72. The van der Waals surface area contributed by atoms with E-state index >= 15 is 0 Å². The summed E-state index contributed by atoms with van der Waals surface area (Å²) in [6.07, 6.45) is 0. The first-order valence-electron chi connectivity index (χ1n) is 6.15. The van der Waals surface area contributed by atoms with Crippen LogP contribution in [0.3, 0.4) is 0 Å². The van der Waals surface area contributed by atoms with Crippen LogP contribution < -0.4 is 0 Å². The van der Waals surface area contributed by atoms with Crippen LogP contribution in [0.1, 0.15) is 21.9 Å². The standard InChI is InChI=1S/C11H12N6O5/c1-6-4-9(16(19)20)13-14(6)5-10(18)15-8(3)11(17(21)22)7(2)12-15/h4H,5H2,1-3H3. The molecule has 116 valence electrons. The van der Waals surface area contributed by atoms with E-state index in [1.54, 1.807) is 6.92 Å². The van der Waals surface area contributed by atoms with E-state index < -0.39 is 15.8 Å².